The van der Waals surface area contributed by atoms with E-state index in [1.165, 1.54) is 17.2 Å². The van der Waals surface area contributed by atoms with E-state index in [0.29, 0.717) is 48.5 Å². The van der Waals surface area contributed by atoms with Crippen LogP contribution >= 0.6 is 0 Å². The molecule has 2 atom stereocenters. The van der Waals surface area contributed by atoms with Crippen LogP contribution in [0.1, 0.15) is 91.3 Å². The highest BCUT2D eigenvalue weighted by Crippen LogP contribution is 2.32. The number of aromatic carboxylic acids is 1. The van der Waals surface area contributed by atoms with E-state index >= 15 is 0 Å². The van der Waals surface area contributed by atoms with Crippen molar-refractivity contribution in [2.75, 3.05) is 13.3 Å². The van der Waals surface area contributed by atoms with Crippen molar-refractivity contribution in [1.82, 2.24) is 15.7 Å². The molecule has 0 aliphatic heterocycles. The van der Waals surface area contributed by atoms with Gasteiger partial charge in [0.15, 0.2) is 5.76 Å². The van der Waals surface area contributed by atoms with Crippen molar-refractivity contribution < 1.29 is 38.3 Å². The maximum absolute atomic E-state index is 13.4. The van der Waals surface area contributed by atoms with Gasteiger partial charge < -0.3 is 24.9 Å². The summed E-state index contributed by atoms with van der Waals surface area (Å²) in [5.74, 6) is -1.83. The number of hydrogen-bond acceptors (Lipinski definition) is 7. The Bertz CT molecular complexity index is 1440. The van der Waals surface area contributed by atoms with Crippen LogP contribution in [0.3, 0.4) is 0 Å². The number of benzene rings is 2. The van der Waals surface area contributed by atoms with Crippen LogP contribution in [0.15, 0.2) is 59.0 Å². The molecule has 0 bridgehead atoms. The summed E-state index contributed by atoms with van der Waals surface area (Å²) >= 11 is 0. The molecule has 0 aliphatic rings. The first kappa shape index (κ1) is 35.8. The first-order valence-corrected chi connectivity index (χ1v) is 15.8. The summed E-state index contributed by atoms with van der Waals surface area (Å²) in [5, 5.41) is 16.3. The van der Waals surface area contributed by atoms with Crippen LogP contribution in [0, 0.1) is 12.8 Å². The minimum atomic E-state index is -1.10. The van der Waals surface area contributed by atoms with Crippen molar-refractivity contribution in [3.8, 4) is 17.1 Å². The fraction of sp³-hybridized carbons (Fsp3) is 0.429. The molecular weight excluding hydrogens is 590 g/mol. The maximum Gasteiger partial charge on any atom is 0.336 e. The van der Waals surface area contributed by atoms with Gasteiger partial charge in [-0.3, -0.25) is 19.2 Å². The quantitative estimate of drug-likeness (QED) is 0.0583. The van der Waals surface area contributed by atoms with E-state index in [4.69, 9.17) is 14.0 Å². The summed E-state index contributed by atoms with van der Waals surface area (Å²) in [6.07, 6.45) is 5.11. The molecule has 0 aliphatic carbocycles. The molecule has 0 saturated carbocycles. The topological polar surface area (TPSA) is 147 Å². The molecule has 11 heteroatoms. The van der Waals surface area contributed by atoms with E-state index in [1.54, 1.807) is 19.1 Å². The van der Waals surface area contributed by atoms with Gasteiger partial charge in [-0.1, -0.05) is 70.4 Å². The average Bonchev–Trinajstić information content (AvgIpc) is 3.55. The normalized spacial score (nSPS) is 12.2. The van der Waals surface area contributed by atoms with Gasteiger partial charge in [0.2, 0.25) is 12.3 Å². The number of furan rings is 1. The molecular formula is C35H45N3O8. The maximum atomic E-state index is 13.4. The third-order valence-electron chi connectivity index (χ3n) is 7.68. The van der Waals surface area contributed by atoms with Gasteiger partial charge in [-0.15, -0.1) is 0 Å². The number of carbonyl (C=O) groups is 4. The third-order valence-corrected chi connectivity index (χ3v) is 7.68. The zero-order chi connectivity index (χ0) is 33.5. The Labute approximate surface area is 270 Å². The van der Waals surface area contributed by atoms with E-state index in [0.717, 1.165) is 31.2 Å². The zero-order valence-electron chi connectivity index (χ0n) is 27.0. The molecule has 1 aromatic heterocycles. The number of rotatable bonds is 20. The van der Waals surface area contributed by atoms with Gasteiger partial charge in [0.1, 0.15) is 18.1 Å². The van der Waals surface area contributed by atoms with E-state index < -0.39 is 23.8 Å². The van der Waals surface area contributed by atoms with Gasteiger partial charge in [-0.2, -0.15) is 0 Å². The van der Waals surface area contributed by atoms with E-state index in [1.807, 2.05) is 44.2 Å². The number of hydroxylamine groups is 2. The lowest BCUT2D eigenvalue weighted by atomic mass is 9.90. The van der Waals surface area contributed by atoms with Gasteiger partial charge in [0, 0.05) is 5.56 Å². The number of hydrogen-bond donors (Lipinski definition) is 3. The predicted octanol–water partition coefficient (Wildman–Crippen LogP) is 6.11. The monoisotopic (exact) mass is 635 g/mol. The molecule has 2 aromatic carbocycles. The molecule has 0 radical (unpaired) electrons. The number of nitrogens with one attached hydrogen (secondary N) is 2. The molecule has 0 saturated heterocycles. The van der Waals surface area contributed by atoms with Gasteiger partial charge in [0.25, 0.3) is 5.91 Å². The SMILES string of the molecule is CCCCCC(C(=O)NCNC(=O)c1ccc(-c2cc(OCCC)cc(C(=O)O)c2C)o1)[C@@H](CC)N(C=O)OCc1ccccc1. The van der Waals surface area contributed by atoms with Gasteiger partial charge in [0.05, 0.1) is 30.8 Å². The Morgan fingerprint density at radius 3 is 2.41 bits per heavy atom. The van der Waals surface area contributed by atoms with Crippen molar-refractivity contribution >= 4 is 24.2 Å². The van der Waals surface area contributed by atoms with Crippen LogP contribution in [0.4, 0.5) is 0 Å². The minimum absolute atomic E-state index is 0.00669. The van der Waals surface area contributed by atoms with Gasteiger partial charge >= 0.3 is 5.97 Å². The smallest absolute Gasteiger partial charge is 0.336 e. The van der Waals surface area contributed by atoms with Crippen LogP contribution in [0.25, 0.3) is 11.3 Å². The summed E-state index contributed by atoms with van der Waals surface area (Å²) < 4.78 is 11.5. The van der Waals surface area contributed by atoms with Crippen LogP contribution in [-0.2, 0) is 21.0 Å². The highest BCUT2D eigenvalue weighted by Gasteiger charge is 2.32. The number of ether oxygens (including phenoxy) is 1. The van der Waals surface area contributed by atoms with Crippen molar-refractivity contribution in [3.63, 3.8) is 0 Å². The number of unbranched alkanes of at least 4 members (excludes halogenated alkanes) is 2. The predicted molar refractivity (Wildman–Crippen MR) is 173 cm³/mol. The number of nitrogens with zero attached hydrogens (tertiary/aromatic N) is 1. The molecule has 3 aromatic rings. The molecule has 11 nitrogen and oxygen atoms in total. The number of carbonyl (C=O) groups excluding carboxylic acids is 3. The lowest BCUT2D eigenvalue weighted by molar-refractivity contribution is -0.200. The van der Waals surface area contributed by atoms with Crippen molar-refractivity contribution in [2.24, 2.45) is 5.92 Å². The minimum Gasteiger partial charge on any atom is -0.494 e. The van der Waals surface area contributed by atoms with Crippen LogP contribution in [0.2, 0.25) is 0 Å². The first-order valence-electron chi connectivity index (χ1n) is 15.8. The van der Waals surface area contributed by atoms with Crippen LogP contribution in [0.5, 0.6) is 5.75 Å². The third kappa shape index (κ3) is 9.93. The second-order valence-corrected chi connectivity index (χ2v) is 11.0. The Morgan fingerprint density at radius 1 is 1.00 bits per heavy atom. The highest BCUT2D eigenvalue weighted by molar-refractivity contribution is 5.94. The molecule has 3 amide bonds. The molecule has 3 N–H and O–H groups in total. The number of amides is 3. The Hall–Kier alpha value is -4.64. The fourth-order valence-corrected chi connectivity index (χ4v) is 5.19. The molecule has 0 spiro atoms. The summed E-state index contributed by atoms with van der Waals surface area (Å²) in [4.78, 5) is 56.1. The van der Waals surface area contributed by atoms with Crippen LogP contribution < -0.4 is 15.4 Å². The standard InChI is InChI=1S/C35H45N3O8/c1-5-8-10-15-27(30(7-3)38(23-39)45-21-25-13-11-9-12-14-25)33(40)36-22-37-34(41)32-17-16-31(46-32)28-19-26(44-18-6-2)20-29(24(28)4)35(42)43/h9,11-14,16-17,19-20,23,27,30H,5-8,10,15,18,21-22H2,1-4H3,(H,36,40)(H,37,41)(H,42,43)/t27?,30-/m1/s1. The van der Waals surface area contributed by atoms with E-state index in [2.05, 4.69) is 17.6 Å². The average molecular weight is 636 g/mol. The molecule has 248 valence electrons. The zero-order valence-corrected chi connectivity index (χ0v) is 27.0. The first-order chi connectivity index (χ1) is 22.2. The summed E-state index contributed by atoms with van der Waals surface area (Å²) in [6.45, 7) is 8.03. The van der Waals surface area contributed by atoms with E-state index in [9.17, 15) is 24.3 Å². The fourth-order valence-electron chi connectivity index (χ4n) is 5.19. The van der Waals surface area contributed by atoms with Crippen molar-refractivity contribution in [1.29, 1.82) is 0 Å². The number of carboxylic acids is 1. The summed E-state index contributed by atoms with van der Waals surface area (Å²) in [5.41, 5.74) is 1.94. The molecule has 3 rings (SSSR count). The lowest BCUT2D eigenvalue weighted by Crippen LogP contribution is -2.48. The Morgan fingerprint density at radius 2 is 1.76 bits per heavy atom. The molecule has 1 unspecified atom stereocenters. The summed E-state index contributed by atoms with van der Waals surface area (Å²) in [7, 11) is 0. The van der Waals surface area contributed by atoms with Crippen molar-refractivity contribution in [2.45, 2.75) is 78.9 Å². The molecule has 0 fully saturated rings. The molecule has 1 heterocycles. The molecule has 46 heavy (non-hydrogen) atoms. The largest absolute Gasteiger partial charge is 0.494 e. The second-order valence-electron chi connectivity index (χ2n) is 11.0. The van der Waals surface area contributed by atoms with E-state index in [-0.39, 0.29) is 30.5 Å². The van der Waals surface area contributed by atoms with Gasteiger partial charge in [-0.25, -0.2) is 9.86 Å². The second kappa shape index (κ2) is 18.4. The highest BCUT2D eigenvalue weighted by atomic mass is 16.7. The Kier molecular flexibility index (Phi) is 14.3. The summed E-state index contributed by atoms with van der Waals surface area (Å²) in [6, 6.07) is 15.2. The van der Waals surface area contributed by atoms with Crippen LogP contribution in [-0.4, -0.2) is 53.7 Å². The van der Waals surface area contributed by atoms with Gasteiger partial charge in [-0.05, 0) is 61.6 Å². The lowest BCUT2D eigenvalue weighted by Gasteiger charge is -2.32. The van der Waals surface area contributed by atoms with Crippen molar-refractivity contribution in [3.05, 3.63) is 77.0 Å². The number of carboxylic acid groups (broad SMARTS) is 1. The Balaban J connectivity index is 1.68.